The molecular weight excluding hydrogens is 392 g/mol. The van der Waals surface area contributed by atoms with Crippen molar-refractivity contribution in [3.63, 3.8) is 0 Å². The summed E-state index contributed by atoms with van der Waals surface area (Å²) < 4.78 is 11.3. The van der Waals surface area contributed by atoms with Crippen LogP contribution in [-0.4, -0.2) is 54.8 Å². The standard InChI is InChI=1S/C25H40N2O4/c1-2-3-4-5-6-7-8-11-24(28)26-21(19-27-14-9-10-15-27)25(29)20-12-13-22-23(18-20)31-17-16-30-22/h12-13,18,21,25,29H,2-11,14-17,19H2,1H3,(H,26,28)/t21?,25-/m0/s1. The zero-order valence-corrected chi connectivity index (χ0v) is 19.1. The number of benzene rings is 1. The van der Waals surface area contributed by atoms with Crippen LogP contribution >= 0.6 is 0 Å². The quantitative estimate of drug-likeness (QED) is 0.457. The first kappa shape index (κ1) is 23.9. The molecule has 1 fully saturated rings. The summed E-state index contributed by atoms with van der Waals surface area (Å²) in [4.78, 5) is 15.0. The Bertz CT molecular complexity index is 675. The molecule has 0 saturated carbocycles. The first-order chi connectivity index (χ1) is 15.2. The molecule has 2 aliphatic rings. The summed E-state index contributed by atoms with van der Waals surface area (Å²) >= 11 is 0. The number of likely N-dealkylation sites (tertiary alicyclic amines) is 1. The van der Waals surface area contributed by atoms with Crippen molar-refractivity contribution in [1.82, 2.24) is 10.2 Å². The van der Waals surface area contributed by atoms with E-state index in [2.05, 4.69) is 17.1 Å². The number of amides is 1. The number of nitrogens with zero attached hydrogens (tertiary/aromatic N) is 1. The monoisotopic (exact) mass is 432 g/mol. The molecule has 6 nitrogen and oxygen atoms in total. The summed E-state index contributed by atoms with van der Waals surface area (Å²) in [7, 11) is 0. The second-order valence-corrected chi connectivity index (χ2v) is 8.90. The molecule has 174 valence electrons. The lowest BCUT2D eigenvalue weighted by molar-refractivity contribution is -0.123. The molecule has 2 heterocycles. The van der Waals surface area contributed by atoms with E-state index in [0.717, 1.165) is 31.5 Å². The molecule has 2 atom stereocenters. The number of unbranched alkanes of at least 4 members (excludes halogenated alkanes) is 6. The molecule has 0 spiro atoms. The molecule has 1 aromatic rings. The predicted molar refractivity (Wildman–Crippen MR) is 123 cm³/mol. The third-order valence-corrected chi connectivity index (χ3v) is 6.30. The van der Waals surface area contributed by atoms with Crippen molar-refractivity contribution in [1.29, 1.82) is 0 Å². The SMILES string of the molecule is CCCCCCCCCC(=O)NC(CN1CCCC1)[C@@H](O)c1ccc2c(c1)OCCO2. The van der Waals surface area contributed by atoms with E-state index in [1.807, 2.05) is 18.2 Å². The lowest BCUT2D eigenvalue weighted by Gasteiger charge is -2.29. The minimum Gasteiger partial charge on any atom is -0.486 e. The van der Waals surface area contributed by atoms with Crippen molar-refractivity contribution in [3.05, 3.63) is 23.8 Å². The zero-order valence-electron chi connectivity index (χ0n) is 19.1. The zero-order chi connectivity index (χ0) is 21.9. The molecule has 31 heavy (non-hydrogen) atoms. The van der Waals surface area contributed by atoms with Crippen molar-refractivity contribution < 1.29 is 19.4 Å². The average Bonchev–Trinajstić information content (AvgIpc) is 3.30. The molecule has 0 aromatic heterocycles. The fourth-order valence-corrected chi connectivity index (χ4v) is 4.47. The van der Waals surface area contributed by atoms with Gasteiger partial charge >= 0.3 is 0 Å². The maximum atomic E-state index is 12.6. The Morgan fingerprint density at radius 3 is 2.45 bits per heavy atom. The van der Waals surface area contributed by atoms with E-state index in [1.165, 1.54) is 44.9 Å². The molecule has 2 N–H and O–H groups in total. The van der Waals surface area contributed by atoms with E-state index < -0.39 is 6.10 Å². The topological polar surface area (TPSA) is 71.0 Å². The van der Waals surface area contributed by atoms with Gasteiger partial charge in [-0.15, -0.1) is 0 Å². The molecule has 1 amide bonds. The number of hydrogen-bond acceptors (Lipinski definition) is 5. The molecule has 1 saturated heterocycles. The summed E-state index contributed by atoms with van der Waals surface area (Å²) in [5.41, 5.74) is 0.754. The third-order valence-electron chi connectivity index (χ3n) is 6.30. The fourth-order valence-electron chi connectivity index (χ4n) is 4.47. The van der Waals surface area contributed by atoms with Gasteiger partial charge in [-0.3, -0.25) is 4.79 Å². The highest BCUT2D eigenvalue weighted by molar-refractivity contribution is 5.76. The number of fused-ring (bicyclic) bond motifs is 1. The first-order valence-corrected chi connectivity index (χ1v) is 12.3. The largest absolute Gasteiger partial charge is 0.486 e. The Morgan fingerprint density at radius 2 is 1.71 bits per heavy atom. The van der Waals surface area contributed by atoms with Gasteiger partial charge in [-0.2, -0.15) is 0 Å². The normalized spacial score (nSPS) is 18.0. The van der Waals surface area contributed by atoms with Crippen molar-refractivity contribution in [2.75, 3.05) is 32.8 Å². The predicted octanol–water partition coefficient (Wildman–Crippen LogP) is 4.21. The highest BCUT2D eigenvalue weighted by Crippen LogP contribution is 2.33. The molecule has 1 unspecified atom stereocenters. The molecule has 3 rings (SSSR count). The van der Waals surface area contributed by atoms with Gasteiger partial charge < -0.3 is 24.8 Å². The van der Waals surface area contributed by atoms with Crippen LogP contribution in [0.5, 0.6) is 11.5 Å². The van der Waals surface area contributed by atoms with Crippen LogP contribution in [0.25, 0.3) is 0 Å². The Kier molecular flexibility index (Phi) is 9.94. The molecule has 0 radical (unpaired) electrons. The number of aliphatic hydroxyl groups excluding tert-OH is 1. The number of carbonyl (C=O) groups is 1. The lowest BCUT2D eigenvalue weighted by atomic mass is 10.0. The molecule has 2 aliphatic heterocycles. The van der Waals surface area contributed by atoms with E-state index in [-0.39, 0.29) is 11.9 Å². The minimum atomic E-state index is -0.783. The van der Waals surface area contributed by atoms with Gasteiger partial charge in [0, 0.05) is 13.0 Å². The molecular formula is C25H40N2O4. The number of hydrogen-bond donors (Lipinski definition) is 2. The average molecular weight is 433 g/mol. The highest BCUT2D eigenvalue weighted by Gasteiger charge is 2.27. The van der Waals surface area contributed by atoms with E-state index in [0.29, 0.717) is 37.7 Å². The van der Waals surface area contributed by atoms with Crippen LogP contribution in [0.1, 0.15) is 82.8 Å². The summed E-state index contributed by atoms with van der Waals surface area (Å²) in [6.45, 7) is 6.00. The fraction of sp³-hybridized carbons (Fsp3) is 0.720. The second-order valence-electron chi connectivity index (χ2n) is 8.90. The minimum absolute atomic E-state index is 0.0364. The van der Waals surface area contributed by atoms with Crippen LogP contribution in [0, 0.1) is 0 Å². The van der Waals surface area contributed by atoms with Crippen molar-refractivity contribution in [3.8, 4) is 11.5 Å². The van der Waals surface area contributed by atoms with E-state index in [1.54, 1.807) is 0 Å². The van der Waals surface area contributed by atoms with E-state index in [9.17, 15) is 9.90 Å². The highest BCUT2D eigenvalue weighted by atomic mass is 16.6. The van der Waals surface area contributed by atoms with Gasteiger partial charge in [0.05, 0.1) is 6.04 Å². The maximum Gasteiger partial charge on any atom is 0.220 e. The van der Waals surface area contributed by atoms with Gasteiger partial charge in [-0.1, -0.05) is 51.5 Å². The van der Waals surface area contributed by atoms with Crippen LogP contribution in [0.3, 0.4) is 0 Å². The van der Waals surface area contributed by atoms with Crippen LogP contribution in [-0.2, 0) is 4.79 Å². The Labute approximate surface area is 187 Å². The van der Waals surface area contributed by atoms with Gasteiger partial charge in [-0.05, 0) is 50.0 Å². The van der Waals surface area contributed by atoms with Gasteiger partial charge in [0.2, 0.25) is 5.91 Å². The maximum absolute atomic E-state index is 12.6. The van der Waals surface area contributed by atoms with Crippen molar-refractivity contribution in [2.24, 2.45) is 0 Å². The Morgan fingerprint density at radius 1 is 1.03 bits per heavy atom. The van der Waals surface area contributed by atoms with Crippen LogP contribution in [0.2, 0.25) is 0 Å². The van der Waals surface area contributed by atoms with Gasteiger partial charge in [-0.25, -0.2) is 0 Å². The van der Waals surface area contributed by atoms with Gasteiger partial charge in [0.15, 0.2) is 11.5 Å². The molecule has 6 heteroatoms. The van der Waals surface area contributed by atoms with E-state index in [4.69, 9.17) is 9.47 Å². The summed E-state index contributed by atoms with van der Waals surface area (Å²) in [5, 5.41) is 14.3. The number of aliphatic hydroxyl groups is 1. The van der Waals surface area contributed by atoms with Crippen LogP contribution < -0.4 is 14.8 Å². The number of carbonyl (C=O) groups excluding carboxylic acids is 1. The third kappa shape index (κ3) is 7.69. The van der Waals surface area contributed by atoms with E-state index >= 15 is 0 Å². The van der Waals surface area contributed by atoms with Gasteiger partial charge in [0.1, 0.15) is 19.3 Å². The molecule has 1 aromatic carbocycles. The van der Waals surface area contributed by atoms with Crippen molar-refractivity contribution in [2.45, 2.75) is 83.3 Å². The summed E-state index contributed by atoms with van der Waals surface area (Å²) in [6, 6.07) is 5.23. The Hall–Kier alpha value is -1.79. The number of nitrogens with one attached hydrogen (secondary N) is 1. The first-order valence-electron chi connectivity index (χ1n) is 12.3. The summed E-state index contributed by atoms with van der Waals surface area (Å²) in [6.07, 6.45) is 10.4. The van der Waals surface area contributed by atoms with Crippen LogP contribution in [0.15, 0.2) is 18.2 Å². The summed E-state index contributed by atoms with van der Waals surface area (Å²) in [5.74, 6) is 1.41. The van der Waals surface area contributed by atoms with Gasteiger partial charge in [0.25, 0.3) is 0 Å². The Balaban J connectivity index is 1.54. The number of ether oxygens (including phenoxy) is 2. The second kappa shape index (κ2) is 12.9. The number of rotatable bonds is 13. The van der Waals surface area contributed by atoms with Crippen molar-refractivity contribution >= 4 is 5.91 Å². The molecule has 0 aliphatic carbocycles. The lowest BCUT2D eigenvalue weighted by Crippen LogP contribution is -2.46. The smallest absolute Gasteiger partial charge is 0.220 e. The van der Waals surface area contributed by atoms with Crippen LogP contribution in [0.4, 0.5) is 0 Å². The molecule has 0 bridgehead atoms.